The van der Waals surface area contributed by atoms with E-state index in [0.29, 0.717) is 12.2 Å². The molecule has 0 radical (unpaired) electrons. The molecule has 6 nitrogen and oxygen atoms in total. The summed E-state index contributed by atoms with van der Waals surface area (Å²) in [6.45, 7) is 2.16. The van der Waals surface area contributed by atoms with Gasteiger partial charge >= 0.3 is 0 Å². The average Bonchev–Trinajstić information content (AvgIpc) is 2.34. The molecule has 0 saturated carbocycles. The minimum absolute atomic E-state index is 0.0421. The molecule has 1 atom stereocenters. The van der Waals surface area contributed by atoms with Gasteiger partial charge in [-0.25, -0.2) is 0 Å². The van der Waals surface area contributed by atoms with Gasteiger partial charge in [-0.05, 0) is 18.6 Å². The Hall–Kier alpha value is -1.92. The van der Waals surface area contributed by atoms with Crippen LogP contribution in [0.2, 0.25) is 0 Å². The lowest BCUT2D eigenvalue weighted by atomic mass is 10.2. The van der Waals surface area contributed by atoms with Crippen LogP contribution in [0.4, 0.5) is 11.4 Å². The predicted molar refractivity (Wildman–Crippen MR) is 70.5 cm³/mol. The fraction of sp³-hybridized carbons (Fsp3) is 0.333. The van der Waals surface area contributed by atoms with Gasteiger partial charge in [0, 0.05) is 18.7 Å². The van der Waals surface area contributed by atoms with Gasteiger partial charge < -0.3 is 16.2 Å². The summed E-state index contributed by atoms with van der Waals surface area (Å²) in [4.78, 5) is 10.4. The van der Waals surface area contributed by atoms with Crippen LogP contribution < -0.4 is 11.1 Å². The number of aryl methyl sites for hydroxylation is 1. The number of nitrogens with one attached hydrogen (secondary N) is 1. The van der Waals surface area contributed by atoms with Crippen LogP contribution in [0.1, 0.15) is 5.56 Å². The van der Waals surface area contributed by atoms with Crippen LogP contribution in [0, 0.1) is 17.0 Å². The van der Waals surface area contributed by atoms with Crippen LogP contribution in [-0.2, 0) is 0 Å². The van der Waals surface area contributed by atoms with Gasteiger partial charge in [-0.2, -0.15) is 0 Å². The number of aliphatic hydroxyl groups excluding tert-OH is 1. The third-order valence-electron chi connectivity index (χ3n) is 2.35. The van der Waals surface area contributed by atoms with Gasteiger partial charge in [0.2, 0.25) is 0 Å². The van der Waals surface area contributed by atoms with Crippen LogP contribution in [0.15, 0.2) is 30.4 Å². The second-order valence-corrected chi connectivity index (χ2v) is 3.93. The summed E-state index contributed by atoms with van der Waals surface area (Å²) in [5, 5.41) is 22.5. The van der Waals surface area contributed by atoms with Crippen LogP contribution in [0.3, 0.4) is 0 Å². The zero-order valence-electron chi connectivity index (χ0n) is 10.2. The monoisotopic (exact) mass is 251 g/mol. The van der Waals surface area contributed by atoms with E-state index in [0.717, 1.165) is 5.56 Å². The minimum Gasteiger partial charge on any atom is -0.394 e. The van der Waals surface area contributed by atoms with Crippen molar-refractivity contribution in [3.63, 3.8) is 0 Å². The van der Waals surface area contributed by atoms with Crippen molar-refractivity contribution in [1.29, 1.82) is 0 Å². The number of nitrogens with two attached hydrogens (primary N) is 1. The van der Waals surface area contributed by atoms with E-state index in [-0.39, 0.29) is 12.3 Å². The van der Waals surface area contributed by atoms with Crippen molar-refractivity contribution >= 4 is 11.4 Å². The summed E-state index contributed by atoms with van der Waals surface area (Å²) in [6.07, 6.45) is 3.38. The maximum atomic E-state index is 10.8. The molecule has 0 unspecified atom stereocenters. The van der Waals surface area contributed by atoms with Crippen molar-refractivity contribution in [3.05, 3.63) is 46.0 Å². The topological polar surface area (TPSA) is 101 Å². The van der Waals surface area contributed by atoms with Gasteiger partial charge in [0.1, 0.15) is 5.69 Å². The molecule has 0 bridgehead atoms. The molecule has 0 aliphatic heterocycles. The first-order chi connectivity index (χ1) is 8.54. The van der Waals surface area contributed by atoms with Crippen molar-refractivity contribution in [2.24, 2.45) is 5.73 Å². The first-order valence-corrected chi connectivity index (χ1v) is 5.56. The Morgan fingerprint density at radius 2 is 2.33 bits per heavy atom. The van der Waals surface area contributed by atoms with E-state index in [1.54, 1.807) is 24.3 Å². The number of rotatable bonds is 6. The van der Waals surface area contributed by atoms with Gasteiger partial charge in [-0.15, -0.1) is 0 Å². The summed E-state index contributed by atoms with van der Waals surface area (Å²) in [5.74, 6) is 0. The van der Waals surface area contributed by atoms with E-state index in [1.807, 2.05) is 6.92 Å². The van der Waals surface area contributed by atoms with Crippen molar-refractivity contribution in [1.82, 2.24) is 0 Å². The third-order valence-corrected chi connectivity index (χ3v) is 2.35. The standard InChI is InChI=1S/C12H17N3O3/c1-9-4-5-12(15(17)18)11(7-9)14-6-2-3-10(13)8-16/h2-5,7,10,14,16H,6,8,13H2,1H3/t10-/m0/s1. The normalized spacial score (nSPS) is 12.6. The fourth-order valence-electron chi connectivity index (χ4n) is 1.42. The van der Waals surface area contributed by atoms with Crippen LogP contribution in [0.5, 0.6) is 0 Å². The molecular formula is C12H17N3O3. The van der Waals surface area contributed by atoms with Gasteiger partial charge in [0.05, 0.1) is 11.5 Å². The first kappa shape index (κ1) is 14.1. The zero-order valence-corrected chi connectivity index (χ0v) is 10.2. The number of aliphatic hydroxyl groups is 1. The maximum Gasteiger partial charge on any atom is 0.292 e. The molecule has 0 aromatic heterocycles. The van der Waals surface area contributed by atoms with Gasteiger partial charge in [0.15, 0.2) is 0 Å². The van der Waals surface area contributed by atoms with Crippen LogP contribution in [0.25, 0.3) is 0 Å². The fourth-order valence-corrected chi connectivity index (χ4v) is 1.42. The molecule has 98 valence electrons. The maximum absolute atomic E-state index is 10.8. The van der Waals surface area contributed by atoms with Crippen molar-refractivity contribution < 1.29 is 10.0 Å². The van der Waals surface area contributed by atoms with Gasteiger partial charge in [-0.1, -0.05) is 18.2 Å². The number of anilines is 1. The molecule has 18 heavy (non-hydrogen) atoms. The Balaban J connectivity index is 2.69. The molecule has 0 aliphatic rings. The van der Waals surface area contributed by atoms with E-state index in [2.05, 4.69) is 5.32 Å². The molecule has 1 rings (SSSR count). The Morgan fingerprint density at radius 1 is 1.61 bits per heavy atom. The summed E-state index contributed by atoms with van der Waals surface area (Å²) in [6, 6.07) is 4.49. The number of nitrogens with zero attached hydrogens (tertiary/aromatic N) is 1. The van der Waals surface area contributed by atoms with Crippen LogP contribution >= 0.6 is 0 Å². The molecule has 0 fully saturated rings. The lowest BCUT2D eigenvalue weighted by Gasteiger charge is -2.06. The van der Waals surface area contributed by atoms with Gasteiger partial charge in [0.25, 0.3) is 5.69 Å². The smallest absolute Gasteiger partial charge is 0.292 e. The molecule has 4 N–H and O–H groups in total. The number of nitro benzene ring substituents is 1. The summed E-state index contributed by atoms with van der Waals surface area (Å²) >= 11 is 0. The quantitative estimate of drug-likeness (QED) is 0.400. The molecular weight excluding hydrogens is 234 g/mol. The van der Waals surface area contributed by atoms with E-state index >= 15 is 0 Å². The largest absolute Gasteiger partial charge is 0.394 e. The predicted octanol–water partition coefficient (Wildman–Crippen LogP) is 1.19. The highest BCUT2D eigenvalue weighted by Gasteiger charge is 2.12. The van der Waals surface area contributed by atoms with E-state index in [9.17, 15) is 10.1 Å². The summed E-state index contributed by atoms with van der Waals surface area (Å²) in [5.41, 5.74) is 6.94. The Labute approximate surface area is 105 Å². The molecule has 6 heteroatoms. The number of benzene rings is 1. The highest BCUT2D eigenvalue weighted by molar-refractivity contribution is 5.62. The third kappa shape index (κ3) is 4.15. The molecule has 0 spiro atoms. The van der Waals surface area contributed by atoms with Crippen LogP contribution in [-0.4, -0.2) is 29.2 Å². The highest BCUT2D eigenvalue weighted by atomic mass is 16.6. The minimum atomic E-state index is -0.426. The summed E-state index contributed by atoms with van der Waals surface area (Å²) < 4.78 is 0. The SMILES string of the molecule is Cc1ccc([N+](=O)[O-])c(NCC=C[C@H](N)CO)c1. The Bertz CT molecular complexity index is 446. The first-order valence-electron chi connectivity index (χ1n) is 5.56. The van der Waals surface area contributed by atoms with E-state index in [4.69, 9.17) is 10.8 Å². The molecule has 0 heterocycles. The molecule has 1 aromatic rings. The second-order valence-electron chi connectivity index (χ2n) is 3.93. The average molecular weight is 251 g/mol. The van der Waals surface area contributed by atoms with Crippen molar-refractivity contribution in [2.45, 2.75) is 13.0 Å². The number of hydrogen-bond acceptors (Lipinski definition) is 5. The summed E-state index contributed by atoms with van der Waals surface area (Å²) in [7, 11) is 0. The van der Waals surface area contributed by atoms with Crippen molar-refractivity contribution in [3.8, 4) is 0 Å². The molecule has 0 amide bonds. The second kappa shape index (κ2) is 6.73. The molecule has 1 aromatic carbocycles. The van der Waals surface area contributed by atoms with E-state index in [1.165, 1.54) is 6.07 Å². The molecule has 0 aliphatic carbocycles. The Morgan fingerprint density at radius 3 is 2.94 bits per heavy atom. The Kier molecular flexibility index (Phi) is 5.29. The lowest BCUT2D eigenvalue weighted by Crippen LogP contribution is -2.21. The zero-order chi connectivity index (χ0) is 13.5. The highest BCUT2D eigenvalue weighted by Crippen LogP contribution is 2.24. The number of nitro groups is 1. The lowest BCUT2D eigenvalue weighted by molar-refractivity contribution is -0.384. The van der Waals surface area contributed by atoms with E-state index < -0.39 is 11.0 Å². The number of hydrogen-bond donors (Lipinski definition) is 3. The molecule has 0 saturated heterocycles. The van der Waals surface area contributed by atoms with Gasteiger partial charge in [-0.3, -0.25) is 10.1 Å². The van der Waals surface area contributed by atoms with Crippen molar-refractivity contribution in [2.75, 3.05) is 18.5 Å².